The highest BCUT2D eigenvalue weighted by Gasteiger charge is 2.34. The number of Topliss-reactive ketones (excluding diaryl/α,β-unsaturated/α-hetero) is 2. The quantitative estimate of drug-likeness (QED) is 0.783. The minimum absolute atomic E-state index is 0.0774. The molecule has 0 amide bonds. The second-order valence-corrected chi connectivity index (χ2v) is 6.97. The maximum absolute atomic E-state index is 13.8. The third kappa shape index (κ3) is 2.40. The van der Waals surface area contributed by atoms with Crippen LogP contribution in [0.25, 0.3) is 0 Å². The number of halogens is 1. The molecule has 2 aromatic rings. The number of hydrogen-bond donors (Lipinski definition) is 1. The lowest BCUT2D eigenvalue weighted by Gasteiger charge is -2.28. The SMILES string of the molecule is N#Cc1cc(F)cc2c1[C@@H](c1ccc(S)c3c1CCC3=O)CCC2=O. The lowest BCUT2D eigenvalue weighted by molar-refractivity contribution is 0.0966. The van der Waals surface area contributed by atoms with Crippen LogP contribution in [0.15, 0.2) is 29.2 Å². The molecule has 0 aromatic heterocycles. The van der Waals surface area contributed by atoms with Gasteiger partial charge in [-0.05, 0) is 47.7 Å². The van der Waals surface area contributed by atoms with Crippen molar-refractivity contribution in [1.82, 2.24) is 0 Å². The van der Waals surface area contributed by atoms with Crippen LogP contribution in [0.2, 0.25) is 0 Å². The molecule has 0 aliphatic heterocycles. The van der Waals surface area contributed by atoms with Gasteiger partial charge in [-0.3, -0.25) is 9.59 Å². The van der Waals surface area contributed by atoms with Crippen molar-refractivity contribution in [3.05, 3.63) is 63.5 Å². The Morgan fingerprint density at radius 3 is 2.68 bits per heavy atom. The Morgan fingerprint density at radius 1 is 1.12 bits per heavy atom. The highest BCUT2D eigenvalue weighted by molar-refractivity contribution is 7.80. The molecule has 2 aliphatic carbocycles. The predicted octanol–water partition coefficient (Wildman–Crippen LogP) is 4.22. The molecule has 0 saturated carbocycles. The summed E-state index contributed by atoms with van der Waals surface area (Å²) in [6.07, 6.45) is 1.95. The van der Waals surface area contributed by atoms with E-state index in [2.05, 4.69) is 12.6 Å². The molecule has 0 fully saturated rings. The van der Waals surface area contributed by atoms with E-state index in [4.69, 9.17) is 0 Å². The number of fused-ring (bicyclic) bond motifs is 2. The number of carbonyl (C=O) groups excluding carboxylic acids is 2. The number of ketones is 2. The molecular weight excluding hydrogens is 337 g/mol. The fraction of sp³-hybridized carbons (Fsp3) is 0.250. The minimum Gasteiger partial charge on any atom is -0.294 e. The Morgan fingerprint density at radius 2 is 1.92 bits per heavy atom. The van der Waals surface area contributed by atoms with E-state index in [0.717, 1.165) is 11.1 Å². The van der Waals surface area contributed by atoms with Crippen molar-refractivity contribution >= 4 is 24.2 Å². The lowest BCUT2D eigenvalue weighted by Crippen LogP contribution is -2.20. The van der Waals surface area contributed by atoms with E-state index in [0.29, 0.717) is 47.3 Å². The molecular formula is C20H14FNO2S. The summed E-state index contributed by atoms with van der Waals surface area (Å²) in [5.41, 5.74) is 3.64. The smallest absolute Gasteiger partial charge is 0.164 e. The molecule has 124 valence electrons. The summed E-state index contributed by atoms with van der Waals surface area (Å²) in [6, 6.07) is 8.16. The average molecular weight is 351 g/mol. The zero-order valence-electron chi connectivity index (χ0n) is 13.3. The van der Waals surface area contributed by atoms with Gasteiger partial charge in [0.25, 0.3) is 0 Å². The second-order valence-electron chi connectivity index (χ2n) is 6.49. The summed E-state index contributed by atoms with van der Waals surface area (Å²) < 4.78 is 13.8. The van der Waals surface area contributed by atoms with Crippen LogP contribution < -0.4 is 0 Å². The average Bonchev–Trinajstić information content (AvgIpc) is 2.99. The van der Waals surface area contributed by atoms with Crippen LogP contribution in [0.4, 0.5) is 4.39 Å². The van der Waals surface area contributed by atoms with Gasteiger partial charge in [-0.1, -0.05) is 6.07 Å². The topological polar surface area (TPSA) is 57.9 Å². The van der Waals surface area contributed by atoms with Crippen molar-refractivity contribution in [2.24, 2.45) is 0 Å². The van der Waals surface area contributed by atoms with E-state index in [1.807, 2.05) is 12.1 Å². The maximum Gasteiger partial charge on any atom is 0.164 e. The van der Waals surface area contributed by atoms with Crippen molar-refractivity contribution < 1.29 is 14.0 Å². The molecule has 0 N–H and O–H groups in total. The highest BCUT2D eigenvalue weighted by atomic mass is 32.1. The molecule has 2 aromatic carbocycles. The molecule has 5 heteroatoms. The van der Waals surface area contributed by atoms with Gasteiger partial charge >= 0.3 is 0 Å². The van der Waals surface area contributed by atoms with Gasteiger partial charge in [0.1, 0.15) is 5.82 Å². The first-order valence-corrected chi connectivity index (χ1v) is 8.60. The van der Waals surface area contributed by atoms with Crippen molar-refractivity contribution in [3.8, 4) is 6.07 Å². The first-order valence-electron chi connectivity index (χ1n) is 8.16. The summed E-state index contributed by atoms with van der Waals surface area (Å²) in [4.78, 5) is 25.1. The number of rotatable bonds is 1. The molecule has 0 saturated heterocycles. The van der Waals surface area contributed by atoms with Crippen molar-refractivity contribution in [2.45, 2.75) is 36.5 Å². The van der Waals surface area contributed by atoms with E-state index in [-0.39, 0.29) is 23.0 Å². The standard InChI is InChI=1S/C20H14FNO2S/c21-11-7-10(9-22)19-13(1-4-16(23)15(19)8-11)12-3-6-18(25)20-14(12)2-5-17(20)24/h3,6-8,13,25H,1-2,4-5H2/t13-/m1/s1. The fourth-order valence-electron chi connectivity index (χ4n) is 4.10. The Bertz CT molecular complexity index is 990. The van der Waals surface area contributed by atoms with Gasteiger partial charge in [0.15, 0.2) is 11.6 Å². The molecule has 0 spiro atoms. The van der Waals surface area contributed by atoms with Gasteiger partial charge < -0.3 is 0 Å². The zero-order chi connectivity index (χ0) is 17.7. The number of carbonyl (C=O) groups is 2. The number of benzene rings is 2. The third-order valence-electron chi connectivity index (χ3n) is 5.16. The summed E-state index contributed by atoms with van der Waals surface area (Å²) in [5.74, 6) is -0.818. The van der Waals surface area contributed by atoms with Gasteiger partial charge in [0.05, 0.1) is 11.6 Å². The van der Waals surface area contributed by atoms with E-state index in [1.54, 1.807) is 6.07 Å². The number of hydrogen-bond acceptors (Lipinski definition) is 4. The molecule has 4 rings (SSSR count). The minimum atomic E-state index is -0.574. The van der Waals surface area contributed by atoms with E-state index < -0.39 is 5.82 Å². The lowest BCUT2D eigenvalue weighted by atomic mass is 9.74. The normalized spacial score (nSPS) is 18.7. The Labute approximate surface area is 149 Å². The Kier molecular flexibility index (Phi) is 3.73. The van der Waals surface area contributed by atoms with E-state index in [1.165, 1.54) is 12.1 Å². The molecule has 25 heavy (non-hydrogen) atoms. The van der Waals surface area contributed by atoms with Crippen LogP contribution in [-0.2, 0) is 6.42 Å². The first-order chi connectivity index (χ1) is 12.0. The first kappa shape index (κ1) is 16.0. The molecule has 0 unspecified atom stereocenters. The number of nitrogens with zero attached hydrogens (tertiary/aromatic N) is 1. The molecule has 1 atom stereocenters. The van der Waals surface area contributed by atoms with Gasteiger partial charge in [-0.15, -0.1) is 12.6 Å². The highest BCUT2D eigenvalue weighted by Crippen LogP contribution is 2.43. The second kappa shape index (κ2) is 5.82. The monoisotopic (exact) mass is 351 g/mol. The predicted molar refractivity (Wildman–Crippen MR) is 92.9 cm³/mol. The fourth-order valence-corrected chi connectivity index (χ4v) is 4.44. The van der Waals surface area contributed by atoms with Crippen LogP contribution in [-0.4, -0.2) is 11.6 Å². The maximum atomic E-state index is 13.8. The van der Waals surface area contributed by atoms with Crippen LogP contribution in [0, 0.1) is 17.1 Å². The summed E-state index contributed by atoms with van der Waals surface area (Å²) in [6.45, 7) is 0. The number of nitriles is 1. The molecule has 0 bridgehead atoms. The van der Waals surface area contributed by atoms with Gasteiger partial charge in [0.2, 0.25) is 0 Å². The van der Waals surface area contributed by atoms with Crippen LogP contribution in [0.3, 0.4) is 0 Å². The van der Waals surface area contributed by atoms with Crippen molar-refractivity contribution in [2.75, 3.05) is 0 Å². The molecule has 2 aliphatic rings. The van der Waals surface area contributed by atoms with Crippen LogP contribution in [0.5, 0.6) is 0 Å². The number of thiol groups is 1. The summed E-state index contributed by atoms with van der Waals surface area (Å²) in [5, 5.41) is 9.45. The van der Waals surface area contributed by atoms with E-state index in [9.17, 15) is 19.2 Å². The van der Waals surface area contributed by atoms with E-state index >= 15 is 0 Å². The summed E-state index contributed by atoms with van der Waals surface area (Å²) in [7, 11) is 0. The van der Waals surface area contributed by atoms with Gasteiger partial charge in [-0.2, -0.15) is 5.26 Å². The third-order valence-corrected chi connectivity index (χ3v) is 5.53. The van der Waals surface area contributed by atoms with Gasteiger partial charge in [-0.25, -0.2) is 4.39 Å². The zero-order valence-corrected chi connectivity index (χ0v) is 14.2. The Hall–Kier alpha value is -2.45. The molecule has 0 heterocycles. The van der Waals surface area contributed by atoms with Crippen LogP contribution >= 0.6 is 12.6 Å². The molecule has 3 nitrogen and oxygen atoms in total. The molecule has 0 radical (unpaired) electrons. The van der Waals surface area contributed by atoms with Crippen molar-refractivity contribution in [1.29, 1.82) is 5.26 Å². The largest absolute Gasteiger partial charge is 0.294 e. The van der Waals surface area contributed by atoms with Crippen molar-refractivity contribution in [3.63, 3.8) is 0 Å². The summed E-state index contributed by atoms with van der Waals surface area (Å²) >= 11 is 4.40. The Balaban J connectivity index is 1.97. The van der Waals surface area contributed by atoms with Gasteiger partial charge in [0, 0.05) is 34.8 Å². The van der Waals surface area contributed by atoms with Crippen LogP contribution in [0.1, 0.15) is 68.2 Å².